The second kappa shape index (κ2) is 13.6. The van der Waals surface area contributed by atoms with Crippen LogP contribution in [-0.4, -0.2) is 44.2 Å². The van der Waals surface area contributed by atoms with Gasteiger partial charge in [-0.15, -0.1) is 0 Å². The summed E-state index contributed by atoms with van der Waals surface area (Å²) in [5, 5.41) is 39.2. The Morgan fingerprint density at radius 2 is 0.709 bits per heavy atom. The molecule has 0 aliphatic carbocycles. The van der Waals surface area contributed by atoms with Crippen LogP contribution in [0.2, 0.25) is 0 Å². The Hall–Kier alpha value is -7.32. The van der Waals surface area contributed by atoms with E-state index in [1.807, 2.05) is 127 Å². The van der Waals surface area contributed by atoms with E-state index >= 15 is 0 Å². The number of hydrogen-bond acceptors (Lipinski definition) is 6. The molecule has 0 atom stereocenters. The van der Waals surface area contributed by atoms with E-state index in [2.05, 4.69) is 0 Å². The summed E-state index contributed by atoms with van der Waals surface area (Å²) >= 11 is 0. The van der Waals surface area contributed by atoms with Crippen LogP contribution in [0.15, 0.2) is 176 Å². The van der Waals surface area contributed by atoms with Crippen LogP contribution in [0.25, 0.3) is 0 Å². The third kappa shape index (κ3) is 5.46. The highest BCUT2D eigenvalue weighted by atomic mass is 16.3. The van der Waals surface area contributed by atoms with Crippen molar-refractivity contribution in [3.8, 4) is 23.0 Å². The fraction of sp³-hybridized carbons (Fsp3) is 0.0638. The van der Waals surface area contributed by atoms with E-state index in [0.717, 1.165) is 39.1 Å². The highest BCUT2D eigenvalue weighted by Crippen LogP contribution is 2.52. The van der Waals surface area contributed by atoms with Gasteiger partial charge in [-0.3, -0.25) is 14.5 Å². The molecule has 55 heavy (non-hydrogen) atoms. The Morgan fingerprint density at radius 1 is 0.382 bits per heavy atom. The van der Waals surface area contributed by atoms with Crippen LogP contribution in [0.4, 0.5) is 5.69 Å². The molecule has 0 aromatic heterocycles. The van der Waals surface area contributed by atoms with Crippen LogP contribution in [-0.2, 0) is 11.1 Å². The van der Waals surface area contributed by atoms with Gasteiger partial charge in [0.1, 0.15) is 34.1 Å². The number of aromatic hydroxyl groups is 4. The number of anilines is 1. The number of carbonyl (C=O) groups is 2. The Bertz CT molecular complexity index is 2430. The van der Waals surface area contributed by atoms with Gasteiger partial charge in [-0.2, -0.15) is 0 Å². The Kier molecular flexibility index (Phi) is 8.58. The molecular weight excluding hydrogens is 689 g/mol. The lowest BCUT2D eigenvalue weighted by molar-refractivity contribution is 0.0736. The zero-order valence-corrected chi connectivity index (χ0v) is 29.7. The zero-order valence-electron chi connectivity index (χ0n) is 29.7. The second-order valence-electron chi connectivity index (χ2n) is 13.5. The van der Waals surface area contributed by atoms with Gasteiger partial charge in [0.05, 0.1) is 0 Å². The van der Waals surface area contributed by atoms with E-state index in [-0.39, 0.29) is 34.8 Å². The summed E-state index contributed by atoms with van der Waals surface area (Å²) in [5.74, 6) is 0.497. The highest BCUT2D eigenvalue weighted by Gasteiger charge is 2.53. The summed E-state index contributed by atoms with van der Waals surface area (Å²) in [7, 11) is 1.78. The first-order valence-electron chi connectivity index (χ1n) is 17.7. The van der Waals surface area contributed by atoms with Crippen molar-refractivity contribution >= 4 is 17.5 Å². The van der Waals surface area contributed by atoms with Crippen molar-refractivity contribution in [2.24, 2.45) is 0 Å². The van der Waals surface area contributed by atoms with Crippen molar-refractivity contribution < 1.29 is 30.0 Å². The minimum Gasteiger partial charge on any atom is -0.508 e. The van der Waals surface area contributed by atoms with Gasteiger partial charge in [-0.25, -0.2) is 0 Å². The number of benzene rings is 7. The maximum absolute atomic E-state index is 13.7. The molecule has 2 heterocycles. The first-order valence-corrected chi connectivity index (χ1v) is 17.7. The van der Waals surface area contributed by atoms with Gasteiger partial charge < -0.3 is 25.3 Å². The quantitative estimate of drug-likeness (QED) is 0.141. The third-order valence-corrected chi connectivity index (χ3v) is 10.6. The average Bonchev–Trinajstić information content (AvgIpc) is 3.61. The summed E-state index contributed by atoms with van der Waals surface area (Å²) in [5.41, 5.74) is 5.46. The molecule has 0 radical (unpaired) electrons. The number of hydrogen-bond donors (Lipinski definition) is 4. The zero-order chi connectivity index (χ0) is 38.3. The smallest absolute Gasteiger partial charge is 0.260 e. The van der Waals surface area contributed by atoms with Crippen LogP contribution in [0.1, 0.15) is 54.1 Å². The maximum Gasteiger partial charge on any atom is 0.260 e. The molecular formula is C47H36N2O6. The molecule has 0 fully saturated rings. The minimum absolute atomic E-state index is 0.0586. The van der Waals surface area contributed by atoms with E-state index in [9.17, 15) is 30.0 Å². The van der Waals surface area contributed by atoms with Gasteiger partial charge in [0, 0.05) is 23.9 Å². The number of fused-ring (bicyclic) bond motifs is 2. The number of phenolic OH excluding ortho intramolecular Hbond substituents is 4. The molecule has 0 bridgehead atoms. The summed E-state index contributed by atoms with van der Waals surface area (Å²) in [6, 6.07) is 52.4. The maximum atomic E-state index is 13.7. The average molecular weight is 725 g/mol. The molecule has 9 rings (SSSR count). The molecule has 2 aliphatic heterocycles. The molecule has 0 spiro atoms. The summed E-state index contributed by atoms with van der Waals surface area (Å²) in [4.78, 5) is 30.2. The van der Waals surface area contributed by atoms with Gasteiger partial charge in [-0.1, -0.05) is 103 Å². The summed E-state index contributed by atoms with van der Waals surface area (Å²) in [6.45, 7) is 0. The third-order valence-electron chi connectivity index (χ3n) is 10.6. The Morgan fingerprint density at radius 3 is 1.13 bits per heavy atom. The highest BCUT2D eigenvalue weighted by molar-refractivity contribution is 6.13. The number of carbonyl (C=O) groups excluding carboxylic acids is 2. The van der Waals surface area contributed by atoms with Gasteiger partial charge >= 0.3 is 0 Å². The van der Waals surface area contributed by atoms with Gasteiger partial charge in [0.15, 0.2) is 0 Å². The number of rotatable bonds is 5. The molecule has 4 N–H and O–H groups in total. The Balaban J connectivity index is 0.000000158. The molecule has 0 unspecified atom stereocenters. The van der Waals surface area contributed by atoms with Crippen LogP contribution < -0.4 is 4.90 Å². The molecule has 8 heteroatoms. The van der Waals surface area contributed by atoms with E-state index in [4.69, 9.17) is 0 Å². The first-order chi connectivity index (χ1) is 26.7. The van der Waals surface area contributed by atoms with E-state index in [1.54, 1.807) is 65.4 Å². The van der Waals surface area contributed by atoms with E-state index in [1.165, 1.54) is 0 Å². The van der Waals surface area contributed by atoms with Crippen molar-refractivity contribution in [1.82, 2.24) is 4.90 Å². The topological polar surface area (TPSA) is 122 Å². The molecule has 270 valence electrons. The van der Waals surface area contributed by atoms with Gasteiger partial charge in [0.25, 0.3) is 11.8 Å². The second-order valence-corrected chi connectivity index (χ2v) is 13.5. The Labute approximate surface area is 318 Å². The predicted octanol–water partition coefficient (Wildman–Crippen LogP) is 8.53. The van der Waals surface area contributed by atoms with Crippen LogP contribution in [0.5, 0.6) is 23.0 Å². The molecule has 7 aromatic carbocycles. The molecule has 8 nitrogen and oxygen atoms in total. The molecule has 0 saturated heterocycles. The molecule has 0 saturated carbocycles. The number of phenols is 4. The van der Waals surface area contributed by atoms with Gasteiger partial charge in [0.2, 0.25) is 0 Å². The van der Waals surface area contributed by atoms with E-state index in [0.29, 0.717) is 11.1 Å². The fourth-order valence-electron chi connectivity index (χ4n) is 8.18. The summed E-state index contributed by atoms with van der Waals surface area (Å²) < 4.78 is 0. The van der Waals surface area contributed by atoms with E-state index < -0.39 is 11.1 Å². The van der Waals surface area contributed by atoms with Crippen molar-refractivity contribution in [2.45, 2.75) is 11.1 Å². The van der Waals surface area contributed by atoms with Crippen molar-refractivity contribution in [2.75, 3.05) is 11.9 Å². The predicted molar refractivity (Wildman–Crippen MR) is 210 cm³/mol. The fourth-order valence-corrected chi connectivity index (χ4v) is 8.18. The van der Waals surface area contributed by atoms with Crippen molar-refractivity contribution in [3.63, 3.8) is 0 Å². The number of amides is 2. The number of para-hydroxylation sites is 1. The van der Waals surface area contributed by atoms with Crippen molar-refractivity contribution in [1.29, 1.82) is 0 Å². The first kappa shape index (κ1) is 34.7. The SMILES string of the molecule is CN1C(=O)c2ccccc2C1(c1ccc(O)cc1)c1ccc(O)cc1.O=C1c2ccccc2C(c2ccc(O)cc2)(c2ccc(O)cc2)N1c1ccccc1. The van der Waals surface area contributed by atoms with Gasteiger partial charge in [-0.05, 0) is 106 Å². The lowest BCUT2D eigenvalue weighted by Crippen LogP contribution is -2.46. The monoisotopic (exact) mass is 724 g/mol. The largest absolute Gasteiger partial charge is 0.508 e. The number of nitrogens with zero attached hydrogens (tertiary/aromatic N) is 2. The molecule has 7 aromatic rings. The van der Waals surface area contributed by atoms with Crippen LogP contribution in [0, 0.1) is 0 Å². The van der Waals surface area contributed by atoms with Crippen molar-refractivity contribution in [3.05, 3.63) is 220 Å². The molecule has 2 aliphatic rings. The van der Waals surface area contributed by atoms with Crippen LogP contribution in [0.3, 0.4) is 0 Å². The summed E-state index contributed by atoms with van der Waals surface area (Å²) in [6.07, 6.45) is 0. The minimum atomic E-state index is -0.948. The normalized spacial score (nSPS) is 14.9. The lowest BCUT2D eigenvalue weighted by Gasteiger charge is -2.40. The lowest BCUT2D eigenvalue weighted by atomic mass is 9.76. The van der Waals surface area contributed by atoms with Crippen LogP contribution >= 0.6 is 0 Å². The standard InChI is InChI=1S/C26H19NO3.C21H17NO3/c28-21-14-10-18(11-15-21)26(19-12-16-22(29)17-13-19)24-9-5-4-8-23(24)25(30)27(26)20-6-2-1-3-7-20;1-22-20(25)18-4-2-3-5-19(18)21(22,14-6-10-16(23)11-7-14)15-8-12-17(24)13-9-15/h1-17,28-29H;2-13,23-24H,1H3. The molecule has 2 amide bonds.